The Bertz CT molecular complexity index is 1050. The van der Waals surface area contributed by atoms with Crippen LogP contribution in [-0.4, -0.2) is 48.3 Å². The summed E-state index contributed by atoms with van der Waals surface area (Å²) >= 11 is 6.71. The van der Waals surface area contributed by atoms with Crippen molar-refractivity contribution in [2.75, 3.05) is 25.0 Å². The van der Waals surface area contributed by atoms with Gasteiger partial charge in [0.05, 0.1) is 17.5 Å². The van der Waals surface area contributed by atoms with Gasteiger partial charge in [-0.1, -0.05) is 41.9 Å². The number of halogens is 1. The summed E-state index contributed by atoms with van der Waals surface area (Å²) in [4.78, 5) is 40.2. The van der Waals surface area contributed by atoms with Gasteiger partial charge >= 0.3 is 0 Å². The molecule has 0 spiro atoms. The Morgan fingerprint density at radius 2 is 1.77 bits per heavy atom. The van der Waals surface area contributed by atoms with E-state index in [2.05, 4.69) is 24.1 Å². The lowest BCUT2D eigenvalue weighted by Gasteiger charge is -2.44. The van der Waals surface area contributed by atoms with E-state index in [1.165, 1.54) is 0 Å². The molecule has 2 fully saturated rings. The smallest absolute Gasteiger partial charge is 0.241 e. The number of rotatable bonds is 3. The molecule has 162 valence electrons. The Morgan fingerprint density at radius 3 is 2.45 bits per heavy atom. The topological polar surface area (TPSA) is 69.7 Å². The van der Waals surface area contributed by atoms with Crippen LogP contribution in [0.5, 0.6) is 0 Å². The third kappa shape index (κ3) is 4.10. The molecule has 2 aliphatic rings. The van der Waals surface area contributed by atoms with Crippen molar-refractivity contribution in [1.82, 2.24) is 10.2 Å². The van der Waals surface area contributed by atoms with E-state index in [0.717, 1.165) is 22.4 Å². The fourth-order valence-corrected chi connectivity index (χ4v) is 4.55. The van der Waals surface area contributed by atoms with Crippen LogP contribution in [0.1, 0.15) is 38.2 Å². The summed E-state index contributed by atoms with van der Waals surface area (Å²) in [5, 5.41) is 2.91. The van der Waals surface area contributed by atoms with Crippen LogP contribution in [0.15, 0.2) is 42.5 Å². The molecule has 0 aliphatic carbocycles. The van der Waals surface area contributed by atoms with Gasteiger partial charge in [-0.05, 0) is 50.6 Å². The Hall–Kier alpha value is -2.70. The van der Waals surface area contributed by atoms with Gasteiger partial charge in [-0.25, -0.2) is 0 Å². The molecule has 2 aromatic carbocycles. The zero-order valence-electron chi connectivity index (χ0n) is 17.9. The summed E-state index contributed by atoms with van der Waals surface area (Å²) in [7, 11) is 1.97. The number of carbonyl (C=O) groups is 3. The van der Waals surface area contributed by atoms with Crippen molar-refractivity contribution in [1.29, 1.82) is 0 Å². The first-order chi connectivity index (χ1) is 14.7. The maximum atomic E-state index is 12.6. The predicted octanol–water partition coefficient (Wildman–Crippen LogP) is 3.58. The number of piperazine rings is 1. The third-order valence-electron chi connectivity index (χ3n) is 6.39. The number of hydrogen-bond acceptors (Lipinski definition) is 4. The summed E-state index contributed by atoms with van der Waals surface area (Å²) in [6.07, 6.45) is 0.759. The highest BCUT2D eigenvalue weighted by atomic mass is 35.5. The second-order valence-electron chi connectivity index (χ2n) is 8.91. The maximum Gasteiger partial charge on any atom is 0.241 e. The Morgan fingerprint density at radius 1 is 1.06 bits per heavy atom. The molecule has 0 saturated carbocycles. The van der Waals surface area contributed by atoms with Crippen LogP contribution in [0.2, 0.25) is 5.02 Å². The summed E-state index contributed by atoms with van der Waals surface area (Å²) in [6, 6.07) is 13.4. The molecule has 4 rings (SSSR count). The number of likely N-dealkylation sites (N-methyl/N-ethyl adjacent to an activating group) is 1. The molecule has 1 N–H and O–H groups in total. The summed E-state index contributed by atoms with van der Waals surface area (Å²) in [6.45, 7) is 5.25. The van der Waals surface area contributed by atoms with Crippen LogP contribution in [0.3, 0.4) is 0 Å². The summed E-state index contributed by atoms with van der Waals surface area (Å²) in [5.74, 6) is -0.908. The van der Waals surface area contributed by atoms with Crippen molar-refractivity contribution < 1.29 is 14.4 Å². The normalized spacial score (nSPS) is 21.9. The van der Waals surface area contributed by atoms with Crippen LogP contribution in [-0.2, 0) is 14.4 Å². The Balaban J connectivity index is 1.61. The molecule has 2 heterocycles. The summed E-state index contributed by atoms with van der Waals surface area (Å²) < 4.78 is 0. The molecule has 1 atom stereocenters. The SMILES string of the molecule is CN1CC(=O)N(c2ccc(-c3cccc(C4CCC(=O)NC4=O)c3Cl)cc2)CC1(C)C. The quantitative estimate of drug-likeness (QED) is 0.742. The number of benzene rings is 2. The molecule has 31 heavy (non-hydrogen) atoms. The molecule has 7 heteroatoms. The van der Waals surface area contributed by atoms with E-state index >= 15 is 0 Å². The average molecular weight is 440 g/mol. The minimum atomic E-state index is -0.436. The molecule has 0 bridgehead atoms. The van der Waals surface area contributed by atoms with Gasteiger partial charge < -0.3 is 4.90 Å². The standard InChI is InChI=1S/C24H26ClN3O3/c1-24(2)14-28(21(30)13-27(24)3)16-9-7-15(8-10-16)17-5-4-6-18(22(17)25)19-11-12-20(29)26-23(19)31/h4-10,19H,11-14H2,1-3H3,(H,26,29,31). The van der Waals surface area contributed by atoms with Crippen LogP contribution in [0.25, 0.3) is 11.1 Å². The van der Waals surface area contributed by atoms with E-state index in [1.54, 1.807) is 0 Å². The minimum absolute atomic E-state index is 0.0764. The van der Waals surface area contributed by atoms with Crippen molar-refractivity contribution in [2.45, 2.75) is 38.1 Å². The third-order valence-corrected chi connectivity index (χ3v) is 6.81. The number of nitrogens with zero attached hydrogens (tertiary/aromatic N) is 2. The lowest BCUT2D eigenvalue weighted by molar-refractivity contribution is -0.134. The molecule has 6 nitrogen and oxygen atoms in total. The molecule has 0 radical (unpaired) electrons. The first kappa shape index (κ1) is 21.5. The van der Waals surface area contributed by atoms with E-state index < -0.39 is 5.92 Å². The first-order valence-electron chi connectivity index (χ1n) is 10.4. The highest BCUT2D eigenvalue weighted by Gasteiger charge is 2.36. The molecule has 3 amide bonds. The molecular weight excluding hydrogens is 414 g/mol. The molecule has 2 aliphatic heterocycles. The maximum absolute atomic E-state index is 12.6. The molecule has 2 aromatic rings. The predicted molar refractivity (Wildman–Crippen MR) is 121 cm³/mol. The molecular formula is C24H26ClN3O3. The van der Waals surface area contributed by atoms with Gasteiger partial charge in [0, 0.05) is 29.8 Å². The van der Waals surface area contributed by atoms with Crippen molar-refractivity contribution in [3.63, 3.8) is 0 Å². The first-order valence-corrected chi connectivity index (χ1v) is 10.8. The van der Waals surface area contributed by atoms with E-state index in [-0.39, 0.29) is 23.3 Å². The summed E-state index contributed by atoms with van der Waals surface area (Å²) in [5.41, 5.74) is 3.20. The number of nitrogens with one attached hydrogen (secondary N) is 1. The zero-order chi connectivity index (χ0) is 22.3. The van der Waals surface area contributed by atoms with Crippen molar-refractivity contribution in [3.8, 4) is 11.1 Å². The molecule has 0 aromatic heterocycles. The Labute approximate surface area is 187 Å². The number of anilines is 1. The van der Waals surface area contributed by atoms with E-state index in [9.17, 15) is 14.4 Å². The highest BCUT2D eigenvalue weighted by molar-refractivity contribution is 6.34. The highest BCUT2D eigenvalue weighted by Crippen LogP contribution is 2.38. The van der Waals surface area contributed by atoms with Crippen LogP contribution < -0.4 is 10.2 Å². The van der Waals surface area contributed by atoms with Gasteiger partial charge in [0.25, 0.3) is 0 Å². The van der Waals surface area contributed by atoms with Gasteiger partial charge in [0.15, 0.2) is 0 Å². The van der Waals surface area contributed by atoms with Crippen LogP contribution in [0, 0.1) is 0 Å². The van der Waals surface area contributed by atoms with Crippen molar-refractivity contribution >= 4 is 35.0 Å². The van der Waals surface area contributed by atoms with Gasteiger partial charge in [-0.2, -0.15) is 0 Å². The van der Waals surface area contributed by atoms with Crippen molar-refractivity contribution in [3.05, 3.63) is 53.1 Å². The number of amides is 3. The van der Waals surface area contributed by atoms with E-state index in [1.807, 2.05) is 54.4 Å². The van der Waals surface area contributed by atoms with Gasteiger partial charge in [0.1, 0.15) is 0 Å². The second kappa shape index (κ2) is 8.09. The van der Waals surface area contributed by atoms with Crippen LogP contribution in [0.4, 0.5) is 5.69 Å². The second-order valence-corrected chi connectivity index (χ2v) is 9.29. The lowest BCUT2D eigenvalue weighted by atomic mass is 9.88. The lowest BCUT2D eigenvalue weighted by Crippen LogP contribution is -2.60. The van der Waals surface area contributed by atoms with Gasteiger partial charge in [-0.3, -0.25) is 24.6 Å². The average Bonchev–Trinajstić information content (AvgIpc) is 2.72. The van der Waals surface area contributed by atoms with Gasteiger partial charge in [0.2, 0.25) is 17.7 Å². The fraction of sp³-hybridized carbons (Fsp3) is 0.375. The Kier molecular flexibility index (Phi) is 5.62. The number of piperidine rings is 1. The largest absolute Gasteiger partial charge is 0.309 e. The zero-order valence-corrected chi connectivity index (χ0v) is 18.7. The number of carbonyl (C=O) groups excluding carboxylic acids is 3. The molecule has 2 saturated heterocycles. The number of imide groups is 1. The minimum Gasteiger partial charge on any atom is -0.309 e. The van der Waals surface area contributed by atoms with Crippen molar-refractivity contribution in [2.24, 2.45) is 0 Å². The van der Waals surface area contributed by atoms with Crippen LogP contribution >= 0.6 is 11.6 Å². The fourth-order valence-electron chi connectivity index (χ4n) is 4.19. The van der Waals surface area contributed by atoms with E-state index in [4.69, 9.17) is 11.6 Å². The monoisotopic (exact) mass is 439 g/mol. The number of hydrogen-bond donors (Lipinski definition) is 1. The molecule has 1 unspecified atom stereocenters. The van der Waals surface area contributed by atoms with Gasteiger partial charge in [-0.15, -0.1) is 0 Å². The van der Waals surface area contributed by atoms with E-state index in [0.29, 0.717) is 31.0 Å².